The van der Waals surface area contributed by atoms with Crippen molar-refractivity contribution in [2.45, 2.75) is 25.8 Å². The number of anilines is 1. The highest BCUT2D eigenvalue weighted by Gasteiger charge is 2.22. The Balaban J connectivity index is 1.82. The molecule has 2 N–H and O–H groups in total. The highest BCUT2D eigenvalue weighted by atomic mass is 32.1. The van der Waals surface area contributed by atoms with Gasteiger partial charge in [-0.05, 0) is 37.9 Å². The van der Waals surface area contributed by atoms with Gasteiger partial charge in [-0.25, -0.2) is 4.98 Å². The van der Waals surface area contributed by atoms with Crippen LogP contribution in [0.1, 0.15) is 18.4 Å². The Morgan fingerprint density at radius 3 is 3.17 bits per heavy atom. The molecule has 1 aromatic heterocycles. The van der Waals surface area contributed by atoms with Crippen molar-refractivity contribution in [1.82, 2.24) is 10.3 Å². The summed E-state index contributed by atoms with van der Waals surface area (Å²) >= 11 is 1.53. The third-order valence-corrected chi connectivity index (χ3v) is 4.16. The summed E-state index contributed by atoms with van der Waals surface area (Å²) in [4.78, 5) is 16.5. The first-order valence-corrected chi connectivity index (χ1v) is 6.96. The SMILES string of the molecule is Cc1cccc2sc(NC(=O)C3CCCN3)nc12. The summed E-state index contributed by atoms with van der Waals surface area (Å²) < 4.78 is 1.12. The van der Waals surface area contributed by atoms with E-state index in [2.05, 4.69) is 15.6 Å². The van der Waals surface area contributed by atoms with Crippen molar-refractivity contribution < 1.29 is 4.79 Å². The van der Waals surface area contributed by atoms with Crippen LogP contribution in [0.25, 0.3) is 10.2 Å². The van der Waals surface area contributed by atoms with Crippen LogP contribution in [0.2, 0.25) is 0 Å². The number of aryl methyl sites for hydroxylation is 1. The molecule has 4 nitrogen and oxygen atoms in total. The summed E-state index contributed by atoms with van der Waals surface area (Å²) in [5.41, 5.74) is 2.13. The van der Waals surface area contributed by atoms with Gasteiger partial charge < -0.3 is 10.6 Å². The quantitative estimate of drug-likeness (QED) is 0.872. The van der Waals surface area contributed by atoms with Gasteiger partial charge in [-0.3, -0.25) is 4.79 Å². The summed E-state index contributed by atoms with van der Waals surface area (Å²) in [6.45, 7) is 2.96. The number of benzene rings is 1. The standard InChI is InChI=1S/C13H15N3OS/c1-8-4-2-6-10-11(8)15-13(18-10)16-12(17)9-5-3-7-14-9/h2,4,6,9,14H,3,5,7H2,1H3,(H,15,16,17). The highest BCUT2D eigenvalue weighted by molar-refractivity contribution is 7.22. The highest BCUT2D eigenvalue weighted by Crippen LogP contribution is 2.28. The fourth-order valence-electron chi connectivity index (χ4n) is 2.24. The normalized spacial score (nSPS) is 19.3. The van der Waals surface area contributed by atoms with Crippen molar-refractivity contribution in [2.24, 2.45) is 0 Å². The molecule has 1 aliphatic heterocycles. The molecule has 0 aliphatic carbocycles. The van der Waals surface area contributed by atoms with Gasteiger partial charge in [0, 0.05) is 0 Å². The van der Waals surface area contributed by atoms with Gasteiger partial charge in [0.2, 0.25) is 5.91 Å². The first-order chi connectivity index (χ1) is 8.74. The molecule has 1 aromatic carbocycles. The maximum Gasteiger partial charge on any atom is 0.243 e. The molecule has 94 valence electrons. The third-order valence-electron chi connectivity index (χ3n) is 3.23. The Hall–Kier alpha value is -1.46. The fourth-order valence-corrected chi connectivity index (χ4v) is 3.19. The zero-order valence-corrected chi connectivity index (χ0v) is 11.0. The van der Waals surface area contributed by atoms with Crippen molar-refractivity contribution in [3.8, 4) is 0 Å². The number of hydrogen-bond acceptors (Lipinski definition) is 4. The van der Waals surface area contributed by atoms with Gasteiger partial charge in [0.05, 0.1) is 16.3 Å². The molecule has 0 saturated carbocycles. The number of nitrogens with one attached hydrogen (secondary N) is 2. The second-order valence-corrected chi connectivity index (χ2v) is 5.61. The first-order valence-electron chi connectivity index (χ1n) is 6.14. The molecule has 1 atom stereocenters. The molecule has 1 unspecified atom stereocenters. The van der Waals surface area contributed by atoms with Crippen LogP contribution in [-0.2, 0) is 4.79 Å². The van der Waals surface area contributed by atoms with Crippen LogP contribution in [0.5, 0.6) is 0 Å². The lowest BCUT2D eigenvalue weighted by atomic mass is 10.2. The summed E-state index contributed by atoms with van der Waals surface area (Å²) in [5.74, 6) is 0.0317. The van der Waals surface area contributed by atoms with E-state index in [-0.39, 0.29) is 11.9 Å². The van der Waals surface area contributed by atoms with E-state index in [4.69, 9.17) is 0 Å². The Labute approximate surface area is 109 Å². The number of amides is 1. The number of aromatic nitrogens is 1. The lowest BCUT2D eigenvalue weighted by Gasteiger charge is -2.08. The molecule has 1 fully saturated rings. The minimum absolute atomic E-state index is 0.0317. The van der Waals surface area contributed by atoms with Crippen LogP contribution >= 0.6 is 11.3 Å². The van der Waals surface area contributed by atoms with Crippen molar-refractivity contribution in [2.75, 3.05) is 11.9 Å². The van der Waals surface area contributed by atoms with Gasteiger partial charge >= 0.3 is 0 Å². The number of rotatable bonds is 2. The second-order valence-electron chi connectivity index (χ2n) is 4.58. The topological polar surface area (TPSA) is 54.0 Å². The largest absolute Gasteiger partial charge is 0.306 e. The van der Waals surface area contributed by atoms with E-state index >= 15 is 0 Å². The van der Waals surface area contributed by atoms with Gasteiger partial charge in [-0.1, -0.05) is 23.5 Å². The summed E-state index contributed by atoms with van der Waals surface area (Å²) in [6.07, 6.45) is 1.98. The van der Waals surface area contributed by atoms with Crippen LogP contribution < -0.4 is 10.6 Å². The third kappa shape index (κ3) is 2.11. The number of hydrogen-bond donors (Lipinski definition) is 2. The number of carbonyl (C=O) groups is 1. The molecule has 1 saturated heterocycles. The zero-order valence-electron chi connectivity index (χ0n) is 10.2. The molecule has 3 rings (SSSR count). The molecule has 0 radical (unpaired) electrons. The summed E-state index contributed by atoms with van der Waals surface area (Å²) in [5, 5.41) is 6.79. The molecule has 1 aliphatic rings. The predicted octanol–water partition coefficient (Wildman–Crippen LogP) is 2.30. The van der Waals surface area contributed by atoms with Crippen LogP contribution in [0.4, 0.5) is 5.13 Å². The molecular weight excluding hydrogens is 246 g/mol. The van der Waals surface area contributed by atoms with Gasteiger partial charge in [-0.15, -0.1) is 0 Å². The molecule has 2 heterocycles. The van der Waals surface area contributed by atoms with E-state index in [9.17, 15) is 4.79 Å². The number of thiazole rings is 1. The monoisotopic (exact) mass is 261 g/mol. The molecular formula is C13H15N3OS. The van der Waals surface area contributed by atoms with Crippen molar-refractivity contribution in [3.05, 3.63) is 23.8 Å². The summed E-state index contributed by atoms with van der Waals surface area (Å²) in [7, 11) is 0. The van der Waals surface area contributed by atoms with Crippen molar-refractivity contribution in [3.63, 3.8) is 0 Å². The lowest BCUT2D eigenvalue weighted by molar-refractivity contribution is -0.117. The van der Waals surface area contributed by atoms with Gasteiger partial charge in [-0.2, -0.15) is 0 Å². The summed E-state index contributed by atoms with van der Waals surface area (Å²) in [6, 6.07) is 6.02. The minimum Gasteiger partial charge on any atom is -0.306 e. The smallest absolute Gasteiger partial charge is 0.243 e. The number of para-hydroxylation sites is 1. The molecule has 0 spiro atoms. The van der Waals surface area contributed by atoms with Gasteiger partial charge in [0.25, 0.3) is 0 Å². The van der Waals surface area contributed by atoms with Crippen LogP contribution in [0, 0.1) is 6.92 Å². The number of carbonyl (C=O) groups excluding carboxylic acids is 1. The molecule has 2 aromatic rings. The van der Waals surface area contributed by atoms with Crippen LogP contribution in [0.15, 0.2) is 18.2 Å². The lowest BCUT2D eigenvalue weighted by Crippen LogP contribution is -2.35. The van der Waals surface area contributed by atoms with E-state index in [0.717, 1.165) is 35.2 Å². The van der Waals surface area contributed by atoms with E-state index in [1.165, 1.54) is 11.3 Å². The molecule has 0 bridgehead atoms. The van der Waals surface area contributed by atoms with Crippen LogP contribution in [0.3, 0.4) is 0 Å². The predicted molar refractivity (Wildman–Crippen MR) is 74.0 cm³/mol. The zero-order chi connectivity index (χ0) is 12.5. The van der Waals surface area contributed by atoms with Gasteiger partial charge in [0.1, 0.15) is 0 Å². The van der Waals surface area contributed by atoms with Crippen LogP contribution in [-0.4, -0.2) is 23.5 Å². The maximum atomic E-state index is 12.0. The molecule has 18 heavy (non-hydrogen) atoms. The van der Waals surface area contributed by atoms with Crippen molar-refractivity contribution >= 4 is 32.6 Å². The Morgan fingerprint density at radius 1 is 1.56 bits per heavy atom. The fraction of sp³-hybridized carbons (Fsp3) is 0.385. The maximum absolute atomic E-state index is 12.0. The Bertz CT molecular complexity index is 587. The Kier molecular flexibility index (Phi) is 3.01. The first kappa shape index (κ1) is 11.6. The van der Waals surface area contributed by atoms with E-state index in [0.29, 0.717) is 5.13 Å². The average Bonchev–Trinajstić information content (AvgIpc) is 2.97. The molecule has 5 heteroatoms. The Morgan fingerprint density at radius 2 is 2.44 bits per heavy atom. The molecule has 1 amide bonds. The average molecular weight is 261 g/mol. The minimum atomic E-state index is -0.0573. The second kappa shape index (κ2) is 4.66. The number of nitrogens with zero attached hydrogens (tertiary/aromatic N) is 1. The van der Waals surface area contributed by atoms with Crippen molar-refractivity contribution in [1.29, 1.82) is 0 Å². The van der Waals surface area contributed by atoms with E-state index in [1.54, 1.807) is 0 Å². The van der Waals surface area contributed by atoms with Gasteiger partial charge in [0.15, 0.2) is 5.13 Å². The van der Waals surface area contributed by atoms with E-state index < -0.39 is 0 Å². The van der Waals surface area contributed by atoms with E-state index in [1.807, 2.05) is 25.1 Å². The number of fused-ring (bicyclic) bond motifs is 1.